The van der Waals surface area contributed by atoms with E-state index in [0.29, 0.717) is 12.1 Å². The molecule has 1 atom stereocenters. The summed E-state index contributed by atoms with van der Waals surface area (Å²) in [5, 5.41) is 7.14. The van der Waals surface area contributed by atoms with Gasteiger partial charge in [0.25, 0.3) is 0 Å². The predicted octanol–water partition coefficient (Wildman–Crippen LogP) is 4.94. The molecule has 1 saturated carbocycles. The maximum Gasteiger partial charge on any atom is 0.123 e. The lowest BCUT2D eigenvalue weighted by Gasteiger charge is -2.27. The molecule has 25 heavy (non-hydrogen) atoms. The average molecular weight is 340 g/mol. The van der Waals surface area contributed by atoms with Crippen molar-refractivity contribution in [1.82, 2.24) is 5.32 Å². The van der Waals surface area contributed by atoms with Gasteiger partial charge in [0.15, 0.2) is 0 Å². The number of benzene rings is 2. The van der Waals surface area contributed by atoms with Crippen molar-refractivity contribution in [1.29, 1.82) is 0 Å². The maximum atomic E-state index is 12.9. The summed E-state index contributed by atoms with van der Waals surface area (Å²) in [5.41, 5.74) is 3.82. The van der Waals surface area contributed by atoms with E-state index in [1.165, 1.54) is 48.2 Å². The van der Waals surface area contributed by atoms with E-state index in [-0.39, 0.29) is 5.82 Å². The fourth-order valence-corrected chi connectivity index (χ4v) is 3.24. The first kappa shape index (κ1) is 17.9. The van der Waals surface area contributed by atoms with Crippen molar-refractivity contribution in [2.24, 2.45) is 0 Å². The molecular weight excluding hydrogens is 311 g/mol. The molecule has 0 saturated heterocycles. The van der Waals surface area contributed by atoms with Crippen LogP contribution in [0.15, 0.2) is 48.5 Å². The molecule has 1 aliphatic carbocycles. The van der Waals surface area contributed by atoms with Crippen LogP contribution in [0.3, 0.4) is 0 Å². The molecule has 0 heterocycles. The average Bonchev–Trinajstić information content (AvgIpc) is 2.58. The minimum absolute atomic E-state index is 0.168. The summed E-state index contributed by atoms with van der Waals surface area (Å²) in [4.78, 5) is 0. The SMILES string of the molecule is CC(Cc1ccc(F)cc1)NCCCc1ccc(NC2CCC2)cc1. The van der Waals surface area contributed by atoms with E-state index < -0.39 is 0 Å². The molecule has 0 radical (unpaired) electrons. The molecule has 0 bridgehead atoms. The lowest BCUT2D eigenvalue weighted by molar-refractivity contribution is 0.445. The fourth-order valence-electron chi connectivity index (χ4n) is 3.24. The summed E-state index contributed by atoms with van der Waals surface area (Å²) in [6.45, 7) is 3.19. The summed E-state index contributed by atoms with van der Waals surface area (Å²) in [6.07, 6.45) is 7.14. The van der Waals surface area contributed by atoms with Gasteiger partial charge >= 0.3 is 0 Å². The zero-order valence-corrected chi connectivity index (χ0v) is 15.1. The van der Waals surface area contributed by atoms with E-state index in [9.17, 15) is 4.39 Å². The van der Waals surface area contributed by atoms with Crippen LogP contribution in [-0.2, 0) is 12.8 Å². The Kier molecular flexibility index (Phi) is 6.46. The van der Waals surface area contributed by atoms with E-state index in [1.807, 2.05) is 12.1 Å². The lowest BCUT2D eigenvalue weighted by atomic mass is 9.93. The van der Waals surface area contributed by atoms with Crippen LogP contribution in [0.5, 0.6) is 0 Å². The molecule has 0 amide bonds. The molecule has 134 valence electrons. The molecule has 0 spiro atoms. The first-order valence-corrected chi connectivity index (χ1v) is 9.52. The van der Waals surface area contributed by atoms with Crippen LogP contribution >= 0.6 is 0 Å². The molecule has 3 rings (SSSR count). The number of rotatable bonds is 9. The first-order chi connectivity index (χ1) is 12.2. The van der Waals surface area contributed by atoms with Gasteiger partial charge < -0.3 is 10.6 Å². The van der Waals surface area contributed by atoms with Crippen molar-refractivity contribution in [2.45, 2.75) is 57.5 Å². The van der Waals surface area contributed by atoms with Gasteiger partial charge in [0, 0.05) is 17.8 Å². The van der Waals surface area contributed by atoms with Gasteiger partial charge in [-0.05, 0) is 87.4 Å². The van der Waals surface area contributed by atoms with Gasteiger partial charge in [0.05, 0.1) is 0 Å². The van der Waals surface area contributed by atoms with Crippen LogP contribution in [-0.4, -0.2) is 18.6 Å². The van der Waals surface area contributed by atoms with E-state index in [4.69, 9.17) is 0 Å². The number of nitrogens with one attached hydrogen (secondary N) is 2. The Morgan fingerprint density at radius 2 is 1.68 bits per heavy atom. The molecular formula is C22H29FN2. The number of anilines is 1. The highest BCUT2D eigenvalue weighted by Crippen LogP contribution is 2.23. The van der Waals surface area contributed by atoms with Gasteiger partial charge in [-0.1, -0.05) is 24.3 Å². The second-order valence-electron chi connectivity index (χ2n) is 7.26. The second kappa shape index (κ2) is 9.00. The minimum Gasteiger partial charge on any atom is -0.382 e. The second-order valence-corrected chi connectivity index (χ2v) is 7.26. The monoisotopic (exact) mass is 340 g/mol. The number of halogens is 1. The molecule has 1 aliphatic rings. The summed E-state index contributed by atoms with van der Waals surface area (Å²) < 4.78 is 12.9. The highest BCUT2D eigenvalue weighted by atomic mass is 19.1. The Hall–Kier alpha value is -1.87. The Balaban J connectivity index is 1.32. The van der Waals surface area contributed by atoms with Crippen LogP contribution < -0.4 is 10.6 Å². The summed E-state index contributed by atoms with van der Waals surface area (Å²) in [6, 6.07) is 16.8. The Morgan fingerprint density at radius 1 is 1.00 bits per heavy atom. The third-order valence-corrected chi connectivity index (χ3v) is 5.02. The van der Waals surface area contributed by atoms with Crippen molar-refractivity contribution in [2.75, 3.05) is 11.9 Å². The fraction of sp³-hybridized carbons (Fsp3) is 0.455. The van der Waals surface area contributed by atoms with Gasteiger partial charge in [-0.25, -0.2) is 4.39 Å². The van der Waals surface area contributed by atoms with Gasteiger partial charge in [-0.3, -0.25) is 0 Å². The van der Waals surface area contributed by atoms with E-state index in [1.54, 1.807) is 0 Å². The molecule has 2 nitrogen and oxygen atoms in total. The van der Waals surface area contributed by atoms with E-state index in [0.717, 1.165) is 25.8 Å². The predicted molar refractivity (Wildman–Crippen MR) is 104 cm³/mol. The first-order valence-electron chi connectivity index (χ1n) is 9.52. The zero-order chi connectivity index (χ0) is 17.5. The van der Waals surface area contributed by atoms with Gasteiger partial charge in [0.1, 0.15) is 5.82 Å². The summed E-state index contributed by atoms with van der Waals surface area (Å²) in [5.74, 6) is -0.168. The van der Waals surface area contributed by atoms with E-state index in [2.05, 4.69) is 41.8 Å². The van der Waals surface area contributed by atoms with Crippen LogP contribution in [0.4, 0.5) is 10.1 Å². The summed E-state index contributed by atoms with van der Waals surface area (Å²) in [7, 11) is 0. The maximum absolute atomic E-state index is 12.9. The van der Waals surface area contributed by atoms with Crippen molar-refractivity contribution < 1.29 is 4.39 Å². The van der Waals surface area contributed by atoms with Gasteiger partial charge in [-0.2, -0.15) is 0 Å². The Bertz CT molecular complexity index is 632. The highest BCUT2D eigenvalue weighted by molar-refractivity contribution is 5.45. The molecule has 2 aromatic carbocycles. The molecule has 2 N–H and O–H groups in total. The van der Waals surface area contributed by atoms with Crippen molar-refractivity contribution in [3.8, 4) is 0 Å². The summed E-state index contributed by atoms with van der Waals surface area (Å²) >= 11 is 0. The standard InChI is InChI=1S/C22H29FN2/c1-17(16-19-7-11-20(23)12-8-19)24-15-3-4-18-9-13-22(14-10-18)25-21-5-2-6-21/h7-14,17,21,24-25H,2-6,15-16H2,1H3. The third kappa shape index (κ3) is 5.86. The molecule has 1 fully saturated rings. The molecule has 0 aliphatic heterocycles. The lowest BCUT2D eigenvalue weighted by Crippen LogP contribution is -2.29. The molecule has 0 aromatic heterocycles. The Labute approximate surface area is 150 Å². The largest absolute Gasteiger partial charge is 0.382 e. The molecule has 1 unspecified atom stereocenters. The van der Waals surface area contributed by atoms with Crippen molar-refractivity contribution in [3.63, 3.8) is 0 Å². The number of aryl methyl sites for hydroxylation is 1. The van der Waals surface area contributed by atoms with Gasteiger partial charge in [0.2, 0.25) is 0 Å². The van der Waals surface area contributed by atoms with Crippen LogP contribution in [0, 0.1) is 5.82 Å². The zero-order valence-electron chi connectivity index (χ0n) is 15.1. The number of hydrogen-bond donors (Lipinski definition) is 2. The van der Waals surface area contributed by atoms with Crippen LogP contribution in [0.25, 0.3) is 0 Å². The van der Waals surface area contributed by atoms with Gasteiger partial charge in [-0.15, -0.1) is 0 Å². The van der Waals surface area contributed by atoms with E-state index >= 15 is 0 Å². The molecule has 2 aromatic rings. The van der Waals surface area contributed by atoms with Crippen molar-refractivity contribution in [3.05, 3.63) is 65.5 Å². The molecule has 3 heteroatoms. The third-order valence-electron chi connectivity index (χ3n) is 5.02. The highest BCUT2D eigenvalue weighted by Gasteiger charge is 2.16. The van der Waals surface area contributed by atoms with Crippen molar-refractivity contribution >= 4 is 5.69 Å². The quantitative estimate of drug-likeness (QED) is 0.632. The van der Waals surface area contributed by atoms with Crippen LogP contribution in [0.1, 0.15) is 43.7 Å². The normalized spacial score (nSPS) is 15.6. The smallest absolute Gasteiger partial charge is 0.123 e. The Morgan fingerprint density at radius 3 is 2.32 bits per heavy atom. The van der Waals surface area contributed by atoms with Crippen LogP contribution in [0.2, 0.25) is 0 Å². The number of hydrogen-bond acceptors (Lipinski definition) is 2. The minimum atomic E-state index is -0.168. The topological polar surface area (TPSA) is 24.1 Å².